The zero-order valence-corrected chi connectivity index (χ0v) is 12.6. The Balaban J connectivity index is 2.20. The molecule has 0 bridgehead atoms. The Morgan fingerprint density at radius 1 is 0.600 bits per heavy atom. The Morgan fingerprint density at radius 3 is 1.35 bits per heavy atom. The van der Waals surface area contributed by atoms with Gasteiger partial charge in [0, 0.05) is 10.8 Å². The summed E-state index contributed by atoms with van der Waals surface area (Å²) in [6.07, 6.45) is 0. The molecule has 2 aromatic carbocycles. The molecule has 0 fully saturated rings. The van der Waals surface area contributed by atoms with Gasteiger partial charge in [-0.25, -0.2) is 0 Å². The van der Waals surface area contributed by atoms with Gasteiger partial charge in [-0.3, -0.25) is 0 Å². The molecule has 20 heavy (non-hydrogen) atoms. The number of hydrogen-bond acceptors (Lipinski definition) is 0. The molecule has 0 spiro atoms. The second kappa shape index (κ2) is 3.44. The monoisotopic (exact) mass is 260 g/mol. The summed E-state index contributed by atoms with van der Waals surface area (Å²) in [6.45, 7) is 9.46. The summed E-state index contributed by atoms with van der Waals surface area (Å²) in [4.78, 5) is 0. The lowest BCUT2D eigenvalue weighted by Crippen LogP contribution is -2.57. The highest BCUT2D eigenvalue weighted by Gasteiger charge is 2.60. The zero-order valence-electron chi connectivity index (χ0n) is 12.6. The Bertz CT molecular complexity index is 700. The van der Waals surface area contributed by atoms with Gasteiger partial charge >= 0.3 is 0 Å². The summed E-state index contributed by atoms with van der Waals surface area (Å²) >= 11 is 0. The standard InChI is InChI=1S/C20H20/c1-13-14(2)20(4)18-12-8-6-10-16(18)15-9-5-7-11-17(15)19(13,20)3/h5-12H,1-4H3. The molecule has 0 aromatic heterocycles. The third kappa shape index (κ3) is 0.996. The van der Waals surface area contributed by atoms with E-state index in [9.17, 15) is 0 Å². The second-order valence-electron chi connectivity index (χ2n) is 6.59. The van der Waals surface area contributed by atoms with Crippen LogP contribution in [0.4, 0.5) is 0 Å². The van der Waals surface area contributed by atoms with Crippen LogP contribution in [-0.2, 0) is 10.8 Å². The fourth-order valence-electron chi connectivity index (χ4n) is 4.69. The first-order chi connectivity index (χ1) is 9.53. The van der Waals surface area contributed by atoms with Gasteiger partial charge in [0.2, 0.25) is 0 Å². The molecule has 0 heterocycles. The molecule has 0 N–H and O–H groups in total. The van der Waals surface area contributed by atoms with Crippen molar-refractivity contribution in [2.75, 3.05) is 0 Å². The Morgan fingerprint density at radius 2 is 0.950 bits per heavy atom. The minimum atomic E-state index is 0.141. The molecule has 0 radical (unpaired) electrons. The predicted molar refractivity (Wildman–Crippen MR) is 85.0 cm³/mol. The Labute approximate surface area is 121 Å². The van der Waals surface area contributed by atoms with E-state index in [4.69, 9.17) is 0 Å². The highest BCUT2D eigenvalue weighted by Crippen LogP contribution is 2.66. The number of benzene rings is 2. The van der Waals surface area contributed by atoms with Crippen molar-refractivity contribution in [2.24, 2.45) is 0 Å². The molecule has 0 heteroatoms. The molecule has 0 saturated heterocycles. The van der Waals surface area contributed by atoms with E-state index in [1.807, 2.05) is 0 Å². The number of rotatable bonds is 0. The summed E-state index contributed by atoms with van der Waals surface area (Å²) in [5, 5.41) is 0. The molecule has 0 aliphatic heterocycles. The molecule has 4 rings (SSSR count). The Kier molecular flexibility index (Phi) is 2.05. The minimum absolute atomic E-state index is 0.141. The van der Waals surface area contributed by atoms with E-state index < -0.39 is 0 Å². The number of allylic oxidation sites excluding steroid dienone is 2. The van der Waals surface area contributed by atoms with Crippen LogP contribution in [0.5, 0.6) is 0 Å². The van der Waals surface area contributed by atoms with Crippen molar-refractivity contribution in [2.45, 2.75) is 38.5 Å². The lowest BCUT2D eigenvalue weighted by Gasteiger charge is -2.61. The molecule has 2 aliphatic carbocycles. The van der Waals surface area contributed by atoms with Gasteiger partial charge in [-0.2, -0.15) is 0 Å². The van der Waals surface area contributed by atoms with E-state index >= 15 is 0 Å². The lowest BCUT2D eigenvalue weighted by atomic mass is 9.41. The highest BCUT2D eigenvalue weighted by molar-refractivity contribution is 5.83. The number of fused-ring (bicyclic) bond motifs is 6. The van der Waals surface area contributed by atoms with Crippen molar-refractivity contribution in [1.29, 1.82) is 0 Å². The molecule has 2 unspecified atom stereocenters. The quantitative estimate of drug-likeness (QED) is 0.569. The lowest BCUT2D eigenvalue weighted by molar-refractivity contribution is 0.279. The maximum atomic E-state index is 2.42. The van der Waals surface area contributed by atoms with E-state index in [-0.39, 0.29) is 10.8 Å². The van der Waals surface area contributed by atoms with Gasteiger partial charge in [-0.05, 0) is 36.1 Å². The average Bonchev–Trinajstić information content (AvgIpc) is 2.51. The third-order valence-electron chi connectivity index (χ3n) is 6.28. The summed E-state index contributed by atoms with van der Waals surface area (Å²) in [7, 11) is 0. The van der Waals surface area contributed by atoms with Crippen LogP contribution in [0.3, 0.4) is 0 Å². The maximum Gasteiger partial charge on any atom is 0.0271 e. The molecule has 0 amide bonds. The largest absolute Gasteiger partial charge is 0.0619 e. The molecule has 100 valence electrons. The van der Waals surface area contributed by atoms with E-state index in [2.05, 4.69) is 76.2 Å². The second-order valence-corrected chi connectivity index (χ2v) is 6.59. The van der Waals surface area contributed by atoms with Crippen molar-refractivity contribution in [3.63, 3.8) is 0 Å². The summed E-state index contributed by atoms with van der Waals surface area (Å²) in [6, 6.07) is 17.9. The topological polar surface area (TPSA) is 0 Å². The fourth-order valence-corrected chi connectivity index (χ4v) is 4.69. The summed E-state index contributed by atoms with van der Waals surface area (Å²) in [5.74, 6) is 0. The van der Waals surface area contributed by atoms with Crippen LogP contribution < -0.4 is 0 Å². The third-order valence-corrected chi connectivity index (χ3v) is 6.28. The van der Waals surface area contributed by atoms with Crippen LogP contribution in [0.25, 0.3) is 11.1 Å². The molecule has 2 aromatic rings. The van der Waals surface area contributed by atoms with Crippen molar-refractivity contribution < 1.29 is 0 Å². The molecule has 2 atom stereocenters. The van der Waals surface area contributed by atoms with Gasteiger partial charge in [0.15, 0.2) is 0 Å². The van der Waals surface area contributed by atoms with E-state index in [1.54, 1.807) is 11.1 Å². The van der Waals surface area contributed by atoms with Crippen LogP contribution in [0.2, 0.25) is 0 Å². The van der Waals surface area contributed by atoms with Crippen LogP contribution in [-0.4, -0.2) is 0 Å². The summed E-state index contributed by atoms with van der Waals surface area (Å²) < 4.78 is 0. The van der Waals surface area contributed by atoms with E-state index in [0.29, 0.717) is 0 Å². The molecule has 0 saturated carbocycles. The molecular formula is C20H20. The van der Waals surface area contributed by atoms with Crippen LogP contribution in [0, 0.1) is 0 Å². The van der Waals surface area contributed by atoms with Gasteiger partial charge in [0.1, 0.15) is 0 Å². The normalized spacial score (nSPS) is 30.2. The van der Waals surface area contributed by atoms with Crippen LogP contribution in [0.15, 0.2) is 59.7 Å². The van der Waals surface area contributed by atoms with Gasteiger partial charge in [-0.15, -0.1) is 0 Å². The minimum Gasteiger partial charge on any atom is -0.0619 e. The maximum absolute atomic E-state index is 2.42. The number of hydrogen-bond donors (Lipinski definition) is 0. The first-order valence-corrected chi connectivity index (χ1v) is 7.40. The smallest absolute Gasteiger partial charge is 0.0271 e. The first kappa shape index (κ1) is 12.0. The van der Waals surface area contributed by atoms with Gasteiger partial charge in [0.05, 0.1) is 0 Å². The van der Waals surface area contributed by atoms with Crippen molar-refractivity contribution >= 4 is 0 Å². The fraction of sp³-hybridized carbons (Fsp3) is 0.300. The molecular weight excluding hydrogens is 240 g/mol. The first-order valence-electron chi connectivity index (χ1n) is 7.40. The zero-order chi connectivity index (χ0) is 14.1. The van der Waals surface area contributed by atoms with E-state index in [0.717, 1.165) is 0 Å². The summed E-state index contributed by atoms with van der Waals surface area (Å²) in [5.41, 5.74) is 9.17. The van der Waals surface area contributed by atoms with E-state index in [1.165, 1.54) is 22.3 Å². The van der Waals surface area contributed by atoms with Crippen LogP contribution >= 0.6 is 0 Å². The highest BCUT2D eigenvalue weighted by atomic mass is 14.6. The van der Waals surface area contributed by atoms with Gasteiger partial charge < -0.3 is 0 Å². The van der Waals surface area contributed by atoms with Crippen LogP contribution in [0.1, 0.15) is 38.8 Å². The van der Waals surface area contributed by atoms with Crippen molar-refractivity contribution in [1.82, 2.24) is 0 Å². The predicted octanol–water partition coefficient (Wildman–Crippen LogP) is 5.23. The van der Waals surface area contributed by atoms with Crippen molar-refractivity contribution in [3.05, 3.63) is 70.8 Å². The Hall–Kier alpha value is -1.82. The SMILES string of the molecule is CC1=C(C)C2(C)c3ccccc3-c3ccccc3C12C. The van der Waals surface area contributed by atoms with Crippen molar-refractivity contribution in [3.8, 4) is 11.1 Å². The average molecular weight is 260 g/mol. The molecule has 0 nitrogen and oxygen atoms in total. The molecule has 2 aliphatic rings. The van der Waals surface area contributed by atoms with Gasteiger partial charge in [-0.1, -0.05) is 73.5 Å². The van der Waals surface area contributed by atoms with Gasteiger partial charge in [0.25, 0.3) is 0 Å².